The van der Waals surface area contributed by atoms with Crippen molar-refractivity contribution in [1.29, 1.82) is 0 Å². The number of carbonyl (C=O) groups is 1. The van der Waals surface area contributed by atoms with Gasteiger partial charge in [-0.15, -0.1) is 3.89 Å². The summed E-state index contributed by atoms with van der Waals surface area (Å²) in [6, 6.07) is 5.14. The van der Waals surface area contributed by atoms with Crippen LogP contribution in [-0.2, 0) is 15.0 Å². The van der Waals surface area contributed by atoms with Crippen molar-refractivity contribution in [2.45, 2.75) is 11.7 Å². The third-order valence-corrected chi connectivity index (χ3v) is 4.46. The zero-order valence-corrected chi connectivity index (χ0v) is 12.1. The Hall–Kier alpha value is -2.42. The summed E-state index contributed by atoms with van der Waals surface area (Å²) in [7, 11) is -4.76. The van der Waals surface area contributed by atoms with E-state index in [1.54, 1.807) is 30.6 Å². The first-order chi connectivity index (χ1) is 10.4. The van der Waals surface area contributed by atoms with E-state index >= 15 is 0 Å². The van der Waals surface area contributed by atoms with Crippen molar-refractivity contribution in [3.63, 3.8) is 0 Å². The first kappa shape index (κ1) is 14.5. The molecular weight excluding hydrogens is 311 g/mol. The van der Waals surface area contributed by atoms with E-state index in [-0.39, 0.29) is 12.5 Å². The van der Waals surface area contributed by atoms with Crippen molar-refractivity contribution < 1.29 is 17.1 Å². The molecule has 0 radical (unpaired) electrons. The molecule has 1 aliphatic heterocycles. The maximum Gasteiger partial charge on any atom is 0.307 e. The molecular formula is C13H11FN4O3S. The van der Waals surface area contributed by atoms with Crippen molar-refractivity contribution in [2.24, 2.45) is 0 Å². The first-order valence-electron chi connectivity index (χ1n) is 6.42. The van der Waals surface area contributed by atoms with Crippen molar-refractivity contribution in [3.8, 4) is 11.3 Å². The number of halogens is 1. The highest BCUT2D eigenvalue weighted by Gasteiger charge is 2.40. The van der Waals surface area contributed by atoms with Gasteiger partial charge in [-0.3, -0.25) is 14.7 Å². The molecule has 2 aromatic rings. The fourth-order valence-electron chi connectivity index (χ4n) is 2.22. The Balaban J connectivity index is 1.92. The molecule has 1 aliphatic rings. The summed E-state index contributed by atoms with van der Waals surface area (Å²) in [5.41, 5.74) is 1.34. The summed E-state index contributed by atoms with van der Waals surface area (Å²) >= 11 is 0. The van der Waals surface area contributed by atoms with Crippen molar-refractivity contribution in [1.82, 2.24) is 15.0 Å². The minimum absolute atomic E-state index is 0.0606. The standard InChI is InChI=1S/C13H11FN4O3S/c14-22(20,21)10-7-12(19)18(8-10)13-16-6-3-11(17-13)9-1-4-15-5-2-9/h1-6,10H,7-8H2. The summed E-state index contributed by atoms with van der Waals surface area (Å²) in [6.45, 7) is -0.280. The molecule has 0 bridgehead atoms. The van der Waals surface area contributed by atoms with Gasteiger partial charge in [0.2, 0.25) is 11.9 Å². The van der Waals surface area contributed by atoms with E-state index in [4.69, 9.17) is 0 Å². The molecule has 3 rings (SSSR count). The number of aromatic nitrogens is 3. The fraction of sp³-hybridized carbons (Fsp3) is 0.231. The van der Waals surface area contributed by atoms with Crippen molar-refractivity contribution in [2.75, 3.05) is 11.4 Å². The van der Waals surface area contributed by atoms with Gasteiger partial charge in [0.05, 0.1) is 5.69 Å². The minimum Gasteiger partial charge on any atom is -0.279 e. The number of nitrogens with zero attached hydrogens (tertiary/aromatic N) is 4. The Morgan fingerprint density at radius 1 is 1.18 bits per heavy atom. The van der Waals surface area contributed by atoms with Gasteiger partial charge < -0.3 is 0 Å². The number of anilines is 1. The highest BCUT2D eigenvalue weighted by molar-refractivity contribution is 7.87. The van der Waals surface area contributed by atoms with Gasteiger partial charge in [-0.05, 0) is 18.2 Å². The molecule has 114 valence electrons. The first-order valence-corrected chi connectivity index (χ1v) is 7.87. The van der Waals surface area contributed by atoms with Crippen LogP contribution in [0.5, 0.6) is 0 Å². The zero-order valence-electron chi connectivity index (χ0n) is 11.3. The molecule has 0 spiro atoms. The average Bonchev–Trinajstić information content (AvgIpc) is 2.90. The third kappa shape index (κ3) is 2.80. The molecule has 2 aromatic heterocycles. The fourth-order valence-corrected chi connectivity index (χ4v) is 2.89. The topological polar surface area (TPSA) is 93.1 Å². The molecule has 0 N–H and O–H groups in total. The summed E-state index contributed by atoms with van der Waals surface area (Å²) in [5, 5.41) is -1.37. The lowest BCUT2D eigenvalue weighted by Crippen LogP contribution is -2.28. The van der Waals surface area contributed by atoms with E-state index in [0.717, 1.165) is 10.5 Å². The van der Waals surface area contributed by atoms with Gasteiger partial charge >= 0.3 is 10.2 Å². The highest BCUT2D eigenvalue weighted by atomic mass is 32.3. The Morgan fingerprint density at radius 2 is 1.91 bits per heavy atom. The maximum atomic E-state index is 13.0. The maximum absolute atomic E-state index is 13.0. The minimum atomic E-state index is -4.76. The summed E-state index contributed by atoms with van der Waals surface area (Å²) < 4.78 is 34.9. The van der Waals surface area contributed by atoms with E-state index in [2.05, 4.69) is 15.0 Å². The SMILES string of the molecule is O=C1CC(S(=O)(=O)F)CN1c1nccc(-c2ccncc2)n1. The van der Waals surface area contributed by atoms with Crippen LogP contribution in [0.25, 0.3) is 11.3 Å². The molecule has 7 nitrogen and oxygen atoms in total. The number of rotatable bonds is 3. The normalized spacial score (nSPS) is 18.7. The molecule has 0 aromatic carbocycles. The molecule has 0 aliphatic carbocycles. The monoisotopic (exact) mass is 322 g/mol. The van der Waals surface area contributed by atoms with Crippen LogP contribution in [0.4, 0.5) is 9.83 Å². The van der Waals surface area contributed by atoms with Crippen LogP contribution in [0.3, 0.4) is 0 Å². The Kier molecular flexibility index (Phi) is 3.57. The molecule has 1 saturated heterocycles. The number of carbonyl (C=O) groups excluding carboxylic acids is 1. The third-order valence-electron chi connectivity index (χ3n) is 3.35. The number of hydrogen-bond acceptors (Lipinski definition) is 6. The lowest BCUT2D eigenvalue weighted by Gasteiger charge is -2.14. The Labute approximate surface area is 126 Å². The van der Waals surface area contributed by atoms with Crippen LogP contribution in [0.2, 0.25) is 0 Å². The summed E-state index contributed by atoms with van der Waals surface area (Å²) in [6.07, 6.45) is 4.26. The van der Waals surface area contributed by atoms with E-state index in [9.17, 15) is 17.1 Å². The molecule has 22 heavy (non-hydrogen) atoms. The molecule has 1 atom stereocenters. The van der Waals surface area contributed by atoms with E-state index in [1.807, 2.05) is 0 Å². The predicted molar refractivity (Wildman–Crippen MR) is 76.0 cm³/mol. The van der Waals surface area contributed by atoms with Crippen LogP contribution in [0, 0.1) is 0 Å². The molecule has 1 fully saturated rings. The van der Waals surface area contributed by atoms with Crippen LogP contribution < -0.4 is 4.90 Å². The van der Waals surface area contributed by atoms with E-state index in [1.165, 1.54) is 6.20 Å². The molecule has 1 amide bonds. The van der Waals surface area contributed by atoms with Crippen LogP contribution >= 0.6 is 0 Å². The van der Waals surface area contributed by atoms with Gasteiger partial charge in [-0.1, -0.05) is 0 Å². The number of amides is 1. The highest BCUT2D eigenvalue weighted by Crippen LogP contribution is 2.25. The van der Waals surface area contributed by atoms with Gasteiger partial charge in [0, 0.05) is 37.1 Å². The Morgan fingerprint density at radius 3 is 2.55 bits per heavy atom. The second-order valence-corrected chi connectivity index (χ2v) is 6.40. The van der Waals surface area contributed by atoms with Gasteiger partial charge in [-0.25, -0.2) is 9.97 Å². The predicted octanol–water partition coefficient (Wildman–Crippen LogP) is 0.943. The molecule has 9 heteroatoms. The van der Waals surface area contributed by atoms with Gasteiger partial charge in [0.25, 0.3) is 0 Å². The lowest BCUT2D eigenvalue weighted by molar-refractivity contribution is -0.117. The number of hydrogen-bond donors (Lipinski definition) is 0. The lowest BCUT2D eigenvalue weighted by atomic mass is 10.2. The number of pyridine rings is 1. The smallest absolute Gasteiger partial charge is 0.279 e. The summed E-state index contributed by atoms with van der Waals surface area (Å²) in [4.78, 5) is 25.1. The molecule has 0 saturated carbocycles. The average molecular weight is 322 g/mol. The van der Waals surface area contributed by atoms with Gasteiger partial charge in [0.1, 0.15) is 5.25 Å². The Bertz CT molecular complexity index is 813. The van der Waals surface area contributed by atoms with Gasteiger partial charge in [0.15, 0.2) is 0 Å². The summed E-state index contributed by atoms with van der Waals surface area (Å²) in [5.74, 6) is -0.455. The largest absolute Gasteiger partial charge is 0.307 e. The van der Waals surface area contributed by atoms with E-state index < -0.39 is 27.8 Å². The second kappa shape index (κ2) is 5.41. The van der Waals surface area contributed by atoms with Crippen LogP contribution in [0.15, 0.2) is 36.8 Å². The van der Waals surface area contributed by atoms with Crippen molar-refractivity contribution in [3.05, 3.63) is 36.8 Å². The quantitative estimate of drug-likeness (QED) is 0.781. The van der Waals surface area contributed by atoms with Crippen LogP contribution in [0.1, 0.15) is 6.42 Å². The van der Waals surface area contributed by atoms with Crippen molar-refractivity contribution >= 4 is 22.1 Å². The second-order valence-electron chi connectivity index (χ2n) is 4.78. The molecule has 3 heterocycles. The zero-order chi connectivity index (χ0) is 15.7. The van der Waals surface area contributed by atoms with E-state index in [0.29, 0.717) is 5.69 Å². The molecule has 1 unspecified atom stereocenters. The van der Waals surface area contributed by atoms with Gasteiger partial charge in [-0.2, -0.15) is 8.42 Å². The van der Waals surface area contributed by atoms with Crippen LogP contribution in [-0.4, -0.2) is 41.1 Å².